The molecule has 0 atom stereocenters. The Morgan fingerprint density at radius 3 is 1.66 bits per heavy atom. The number of rotatable bonds is 5. The maximum absolute atomic E-state index is 9.58. The fourth-order valence-corrected chi connectivity index (χ4v) is 6.57. The van der Waals surface area contributed by atoms with Crippen LogP contribution in [0.5, 0.6) is 0 Å². The van der Waals surface area contributed by atoms with Crippen LogP contribution in [0.3, 0.4) is 0 Å². The molecule has 5 nitrogen and oxygen atoms in total. The van der Waals surface area contributed by atoms with E-state index in [1.54, 1.807) is 0 Å². The number of nitriles is 1. The van der Waals surface area contributed by atoms with Gasteiger partial charge in [-0.2, -0.15) is 5.26 Å². The molecule has 0 amide bonds. The van der Waals surface area contributed by atoms with Gasteiger partial charge in [-0.15, -0.1) is 0 Å². The second-order valence-electron chi connectivity index (χ2n) is 12.3. The smallest absolute Gasteiger partial charge is 0.164 e. The number of fused-ring (bicyclic) bond motifs is 3. The molecule has 8 rings (SSSR count). The summed E-state index contributed by atoms with van der Waals surface area (Å²) >= 11 is 0. The summed E-state index contributed by atoms with van der Waals surface area (Å²) in [7, 11) is 0. The molecule has 1 aliphatic carbocycles. The molecule has 222 valence electrons. The van der Waals surface area contributed by atoms with E-state index in [2.05, 4.69) is 67.4 Å². The van der Waals surface area contributed by atoms with E-state index in [1.807, 2.05) is 97.3 Å². The van der Waals surface area contributed by atoms with Gasteiger partial charge in [0.25, 0.3) is 0 Å². The van der Waals surface area contributed by atoms with Gasteiger partial charge in [0, 0.05) is 34.5 Å². The van der Waals surface area contributed by atoms with E-state index in [-0.39, 0.29) is 5.41 Å². The van der Waals surface area contributed by atoms with Gasteiger partial charge < -0.3 is 0 Å². The summed E-state index contributed by atoms with van der Waals surface area (Å²) in [5.74, 6) is 1.85. The van der Waals surface area contributed by atoms with Crippen LogP contribution >= 0.6 is 0 Å². The van der Waals surface area contributed by atoms with Crippen LogP contribution in [0.2, 0.25) is 0 Å². The van der Waals surface area contributed by atoms with Crippen molar-refractivity contribution < 1.29 is 0 Å². The molecule has 0 radical (unpaired) electrons. The van der Waals surface area contributed by atoms with E-state index in [9.17, 15) is 5.26 Å². The van der Waals surface area contributed by atoms with Gasteiger partial charge in [-0.05, 0) is 93.0 Å². The molecule has 0 aliphatic heterocycles. The number of hydrogen-bond donors (Lipinski definition) is 0. The molecular formula is C42H29N5. The van der Waals surface area contributed by atoms with Crippen LogP contribution in [0.4, 0.5) is 0 Å². The van der Waals surface area contributed by atoms with E-state index >= 15 is 0 Å². The molecule has 7 aromatic rings. The number of hydrogen-bond acceptors (Lipinski definition) is 5. The van der Waals surface area contributed by atoms with Crippen molar-refractivity contribution in [3.8, 4) is 73.6 Å². The van der Waals surface area contributed by atoms with Crippen molar-refractivity contribution >= 4 is 0 Å². The Balaban J connectivity index is 1.32. The quantitative estimate of drug-likeness (QED) is 0.196. The zero-order valence-electron chi connectivity index (χ0n) is 26.0. The summed E-state index contributed by atoms with van der Waals surface area (Å²) < 4.78 is 0. The Bertz CT molecular complexity index is 2260. The fourth-order valence-electron chi connectivity index (χ4n) is 6.57. The molecule has 0 fully saturated rings. The molecule has 5 heteroatoms. The lowest BCUT2D eigenvalue weighted by atomic mass is 9.81. The highest BCUT2D eigenvalue weighted by molar-refractivity contribution is 5.86. The summed E-state index contributed by atoms with van der Waals surface area (Å²) in [6.07, 6.45) is 3.63. The monoisotopic (exact) mass is 603 g/mol. The summed E-state index contributed by atoms with van der Waals surface area (Å²) in [4.78, 5) is 19.2. The Morgan fingerprint density at radius 1 is 0.468 bits per heavy atom. The highest BCUT2D eigenvalue weighted by atomic mass is 15.0. The van der Waals surface area contributed by atoms with Gasteiger partial charge in [-0.25, -0.2) is 15.0 Å². The highest BCUT2D eigenvalue weighted by Crippen LogP contribution is 2.50. The number of aromatic nitrogens is 4. The van der Waals surface area contributed by atoms with Crippen molar-refractivity contribution in [1.29, 1.82) is 5.26 Å². The fraction of sp³-hybridized carbons (Fsp3) is 0.0714. The third-order valence-corrected chi connectivity index (χ3v) is 9.04. The predicted octanol–water partition coefficient (Wildman–Crippen LogP) is 9.78. The Morgan fingerprint density at radius 2 is 1.04 bits per heavy atom. The SMILES string of the molecule is CC1(C)c2ccc(C#N)cc2-c2ccc(-c3cc(-c4ccncc4)cc(-c4nc(-c5ccccc5)nc(-c5ccccc5)n4)c3)cc21. The lowest BCUT2D eigenvalue weighted by Crippen LogP contribution is -2.15. The summed E-state index contributed by atoms with van der Waals surface area (Å²) in [6, 6.07) is 45.7. The van der Waals surface area contributed by atoms with Crippen LogP contribution in [-0.4, -0.2) is 19.9 Å². The maximum atomic E-state index is 9.58. The van der Waals surface area contributed by atoms with Crippen molar-refractivity contribution in [3.05, 3.63) is 156 Å². The standard InChI is InChI=1S/C42H29N5/c1-42(2)37-16-13-27(26-43)21-36(37)35-15-14-31(25-38(35)42)33-22-32(28-17-19-44-20-18-28)23-34(24-33)41-46-39(29-9-5-3-6-10-29)45-40(47-41)30-11-7-4-8-12-30/h3-25H,1-2H3. The van der Waals surface area contributed by atoms with Gasteiger partial charge in [-0.3, -0.25) is 4.98 Å². The second-order valence-corrected chi connectivity index (χ2v) is 12.3. The van der Waals surface area contributed by atoms with Crippen molar-refractivity contribution in [2.75, 3.05) is 0 Å². The lowest BCUT2D eigenvalue weighted by molar-refractivity contribution is 0.660. The first kappa shape index (κ1) is 28.2. The average molecular weight is 604 g/mol. The first-order valence-corrected chi connectivity index (χ1v) is 15.6. The number of pyridine rings is 1. The van der Waals surface area contributed by atoms with Gasteiger partial charge in [-0.1, -0.05) is 92.7 Å². The molecule has 47 heavy (non-hydrogen) atoms. The number of benzene rings is 5. The van der Waals surface area contributed by atoms with Crippen molar-refractivity contribution in [2.24, 2.45) is 0 Å². The molecule has 2 heterocycles. The van der Waals surface area contributed by atoms with Crippen molar-refractivity contribution in [2.45, 2.75) is 19.3 Å². The first-order chi connectivity index (χ1) is 23.0. The van der Waals surface area contributed by atoms with Gasteiger partial charge in [0.15, 0.2) is 17.5 Å². The summed E-state index contributed by atoms with van der Waals surface area (Å²) in [5, 5.41) is 9.58. The van der Waals surface area contributed by atoms with Crippen LogP contribution in [0, 0.1) is 11.3 Å². The average Bonchev–Trinajstić information content (AvgIpc) is 3.37. The largest absolute Gasteiger partial charge is 0.265 e. The molecule has 0 saturated carbocycles. The van der Waals surface area contributed by atoms with E-state index in [0.717, 1.165) is 44.5 Å². The van der Waals surface area contributed by atoms with E-state index in [0.29, 0.717) is 23.0 Å². The zero-order chi connectivity index (χ0) is 32.0. The molecule has 2 aromatic heterocycles. The topological polar surface area (TPSA) is 75.3 Å². The van der Waals surface area contributed by atoms with Crippen LogP contribution in [-0.2, 0) is 5.41 Å². The minimum atomic E-state index is -0.205. The van der Waals surface area contributed by atoms with Crippen LogP contribution in [0.1, 0.15) is 30.5 Å². The van der Waals surface area contributed by atoms with Crippen LogP contribution in [0.25, 0.3) is 67.5 Å². The zero-order valence-corrected chi connectivity index (χ0v) is 26.0. The third kappa shape index (κ3) is 5.07. The van der Waals surface area contributed by atoms with E-state index in [1.165, 1.54) is 16.7 Å². The molecule has 0 saturated heterocycles. The minimum absolute atomic E-state index is 0.205. The van der Waals surface area contributed by atoms with Crippen molar-refractivity contribution in [3.63, 3.8) is 0 Å². The van der Waals surface area contributed by atoms with E-state index in [4.69, 9.17) is 15.0 Å². The molecule has 0 unspecified atom stereocenters. The molecule has 1 aliphatic rings. The molecular weight excluding hydrogens is 574 g/mol. The predicted molar refractivity (Wildman–Crippen MR) is 187 cm³/mol. The van der Waals surface area contributed by atoms with Crippen LogP contribution in [0.15, 0.2) is 140 Å². The third-order valence-electron chi connectivity index (χ3n) is 9.04. The lowest BCUT2D eigenvalue weighted by Gasteiger charge is -2.22. The van der Waals surface area contributed by atoms with Crippen LogP contribution < -0.4 is 0 Å². The Hall–Kier alpha value is -6.25. The molecule has 5 aromatic carbocycles. The highest BCUT2D eigenvalue weighted by Gasteiger charge is 2.35. The molecule has 0 bridgehead atoms. The van der Waals surface area contributed by atoms with Gasteiger partial charge in [0.2, 0.25) is 0 Å². The maximum Gasteiger partial charge on any atom is 0.164 e. The molecule has 0 spiro atoms. The Labute approximate surface area is 273 Å². The minimum Gasteiger partial charge on any atom is -0.265 e. The number of nitrogens with zero attached hydrogens (tertiary/aromatic N) is 5. The first-order valence-electron chi connectivity index (χ1n) is 15.6. The van der Waals surface area contributed by atoms with Crippen molar-refractivity contribution in [1.82, 2.24) is 19.9 Å². The van der Waals surface area contributed by atoms with Gasteiger partial charge in [0.1, 0.15) is 0 Å². The summed E-state index contributed by atoms with van der Waals surface area (Å²) in [5.41, 5.74) is 12.3. The van der Waals surface area contributed by atoms with E-state index < -0.39 is 0 Å². The Kier molecular flexibility index (Phi) is 6.78. The second kappa shape index (κ2) is 11.3. The van der Waals surface area contributed by atoms with Gasteiger partial charge >= 0.3 is 0 Å². The molecule has 0 N–H and O–H groups in total. The van der Waals surface area contributed by atoms with Gasteiger partial charge in [0.05, 0.1) is 11.6 Å². The summed E-state index contributed by atoms with van der Waals surface area (Å²) in [6.45, 7) is 4.51. The normalized spacial score (nSPS) is 12.6.